The van der Waals surface area contributed by atoms with Crippen molar-refractivity contribution in [2.24, 2.45) is 0 Å². The van der Waals surface area contributed by atoms with Crippen molar-refractivity contribution in [3.8, 4) is 5.75 Å². The molecule has 0 aliphatic carbocycles. The average Bonchev–Trinajstić information content (AvgIpc) is 2.42. The Morgan fingerprint density at radius 2 is 1.67 bits per heavy atom. The van der Waals surface area contributed by atoms with E-state index in [1.54, 1.807) is 0 Å². The predicted octanol–water partition coefficient (Wildman–Crippen LogP) is 3.04. The van der Waals surface area contributed by atoms with Gasteiger partial charge in [0.1, 0.15) is 18.2 Å². The molecule has 0 heterocycles. The van der Waals surface area contributed by atoms with Gasteiger partial charge in [0.2, 0.25) is 0 Å². The van der Waals surface area contributed by atoms with E-state index in [1.165, 1.54) is 24.3 Å². The quantitative estimate of drug-likeness (QED) is 0.659. The standard InChI is InChI=1S/C13H9BCl3FO3/c15-9-4-11(17)13(5-10(9)16)21-6-7-1-2-12(18)8(3-7)14(19)20/h1-5,19-20H,6H2. The molecule has 0 amide bonds. The Hall–Kier alpha value is -0.975. The molecule has 0 unspecified atom stereocenters. The van der Waals surface area contributed by atoms with Gasteiger partial charge in [-0.25, -0.2) is 4.39 Å². The number of benzene rings is 2. The Kier molecular flexibility index (Phi) is 5.35. The summed E-state index contributed by atoms with van der Waals surface area (Å²) in [5.41, 5.74) is 0.318. The molecule has 2 rings (SSSR count). The van der Waals surface area contributed by atoms with Gasteiger partial charge in [0.25, 0.3) is 0 Å². The molecule has 2 aromatic rings. The lowest BCUT2D eigenvalue weighted by Gasteiger charge is -2.10. The maximum atomic E-state index is 13.3. The highest BCUT2D eigenvalue weighted by molar-refractivity contribution is 6.58. The van der Waals surface area contributed by atoms with Gasteiger partial charge in [0, 0.05) is 11.5 Å². The number of rotatable bonds is 4. The molecule has 0 spiro atoms. The molecular weight excluding hydrogens is 340 g/mol. The number of halogens is 4. The molecule has 2 N–H and O–H groups in total. The van der Waals surface area contributed by atoms with Crippen LogP contribution in [0, 0.1) is 5.82 Å². The van der Waals surface area contributed by atoms with Crippen LogP contribution in [0.15, 0.2) is 30.3 Å². The minimum atomic E-state index is -1.89. The van der Waals surface area contributed by atoms with Crippen LogP contribution in [-0.4, -0.2) is 17.2 Å². The van der Waals surface area contributed by atoms with Gasteiger partial charge in [-0.15, -0.1) is 0 Å². The van der Waals surface area contributed by atoms with Gasteiger partial charge in [-0.05, 0) is 17.7 Å². The van der Waals surface area contributed by atoms with Gasteiger partial charge in [-0.2, -0.15) is 0 Å². The van der Waals surface area contributed by atoms with Crippen molar-refractivity contribution in [2.45, 2.75) is 6.61 Å². The molecule has 0 saturated heterocycles. The normalized spacial score (nSPS) is 10.6. The number of ether oxygens (including phenoxy) is 1. The van der Waals surface area contributed by atoms with Crippen molar-refractivity contribution in [2.75, 3.05) is 0 Å². The summed E-state index contributed by atoms with van der Waals surface area (Å²) >= 11 is 17.6. The van der Waals surface area contributed by atoms with E-state index in [0.717, 1.165) is 6.07 Å². The fourth-order valence-electron chi connectivity index (χ4n) is 1.66. The Balaban J connectivity index is 2.17. The maximum Gasteiger partial charge on any atom is 0.491 e. The summed E-state index contributed by atoms with van der Waals surface area (Å²) in [7, 11) is -1.89. The summed E-state index contributed by atoms with van der Waals surface area (Å²) in [6.07, 6.45) is 0. The first-order chi connectivity index (χ1) is 9.88. The molecule has 21 heavy (non-hydrogen) atoms. The topological polar surface area (TPSA) is 49.7 Å². The van der Waals surface area contributed by atoms with Gasteiger partial charge in [0.05, 0.1) is 15.1 Å². The molecule has 3 nitrogen and oxygen atoms in total. The van der Waals surface area contributed by atoms with Crippen LogP contribution in [0.4, 0.5) is 4.39 Å². The van der Waals surface area contributed by atoms with Crippen LogP contribution in [0.3, 0.4) is 0 Å². The van der Waals surface area contributed by atoms with Gasteiger partial charge in [-0.1, -0.05) is 46.9 Å². The lowest BCUT2D eigenvalue weighted by molar-refractivity contribution is 0.306. The van der Waals surface area contributed by atoms with Gasteiger partial charge < -0.3 is 14.8 Å². The van der Waals surface area contributed by atoms with Crippen molar-refractivity contribution in [1.82, 2.24) is 0 Å². The van der Waals surface area contributed by atoms with Crippen molar-refractivity contribution >= 4 is 47.4 Å². The zero-order chi connectivity index (χ0) is 15.6. The van der Waals surface area contributed by atoms with E-state index in [0.29, 0.717) is 21.4 Å². The monoisotopic (exact) mass is 348 g/mol. The lowest BCUT2D eigenvalue weighted by atomic mass is 9.79. The van der Waals surface area contributed by atoms with E-state index in [2.05, 4.69) is 0 Å². The summed E-state index contributed by atoms with van der Waals surface area (Å²) in [6.45, 7) is 0.0533. The largest absolute Gasteiger partial charge is 0.491 e. The molecule has 0 saturated carbocycles. The third kappa shape index (κ3) is 4.02. The molecule has 0 fully saturated rings. The molecule has 0 radical (unpaired) electrons. The van der Waals surface area contributed by atoms with Crippen LogP contribution in [0.1, 0.15) is 5.56 Å². The van der Waals surface area contributed by atoms with E-state index in [9.17, 15) is 4.39 Å². The zero-order valence-corrected chi connectivity index (χ0v) is 12.8. The fraction of sp³-hybridized carbons (Fsp3) is 0.0769. The van der Waals surface area contributed by atoms with Gasteiger partial charge >= 0.3 is 7.12 Å². The third-order valence-electron chi connectivity index (χ3n) is 2.71. The van der Waals surface area contributed by atoms with Gasteiger partial charge in [0.15, 0.2) is 0 Å². The molecule has 0 bridgehead atoms. The summed E-state index contributed by atoms with van der Waals surface area (Å²) in [4.78, 5) is 0. The van der Waals surface area contributed by atoms with Crippen molar-refractivity contribution in [1.29, 1.82) is 0 Å². The SMILES string of the molecule is OB(O)c1cc(COc2cc(Cl)c(Cl)cc2Cl)ccc1F. The van der Waals surface area contributed by atoms with E-state index in [-0.39, 0.29) is 17.1 Å². The lowest BCUT2D eigenvalue weighted by Crippen LogP contribution is -2.33. The molecule has 0 aromatic heterocycles. The summed E-state index contributed by atoms with van der Waals surface area (Å²) in [5.74, 6) is -0.386. The first kappa shape index (κ1) is 16.4. The minimum Gasteiger partial charge on any atom is -0.487 e. The Bertz CT molecular complexity index is 667. The molecular formula is C13H9BCl3FO3. The summed E-state index contributed by atoms with van der Waals surface area (Å²) in [5, 5.41) is 19.0. The number of hydrogen-bond donors (Lipinski definition) is 2. The van der Waals surface area contributed by atoms with E-state index >= 15 is 0 Å². The molecule has 0 atom stereocenters. The Morgan fingerprint density at radius 1 is 1.00 bits per heavy atom. The van der Waals surface area contributed by atoms with Crippen LogP contribution in [0.25, 0.3) is 0 Å². The molecule has 110 valence electrons. The minimum absolute atomic E-state index is 0.0533. The molecule has 2 aromatic carbocycles. The zero-order valence-electron chi connectivity index (χ0n) is 10.5. The third-order valence-corrected chi connectivity index (χ3v) is 3.73. The predicted molar refractivity (Wildman–Crippen MR) is 82.0 cm³/mol. The second kappa shape index (κ2) is 6.86. The van der Waals surface area contributed by atoms with Crippen LogP contribution in [0.5, 0.6) is 5.75 Å². The van der Waals surface area contributed by atoms with E-state index in [4.69, 9.17) is 49.6 Å². The van der Waals surface area contributed by atoms with E-state index < -0.39 is 12.9 Å². The van der Waals surface area contributed by atoms with Crippen LogP contribution in [0.2, 0.25) is 15.1 Å². The van der Waals surface area contributed by atoms with E-state index in [1.807, 2.05) is 0 Å². The maximum absolute atomic E-state index is 13.3. The first-order valence-electron chi connectivity index (χ1n) is 5.80. The van der Waals surface area contributed by atoms with Crippen molar-refractivity contribution in [3.63, 3.8) is 0 Å². The Labute approximate surface area is 136 Å². The van der Waals surface area contributed by atoms with Crippen LogP contribution in [-0.2, 0) is 6.61 Å². The molecule has 8 heteroatoms. The van der Waals surface area contributed by atoms with Crippen LogP contribution >= 0.6 is 34.8 Å². The second-order valence-electron chi connectivity index (χ2n) is 4.21. The highest BCUT2D eigenvalue weighted by Crippen LogP contribution is 2.34. The summed E-state index contributed by atoms with van der Waals surface area (Å²) < 4.78 is 18.8. The second-order valence-corrected chi connectivity index (χ2v) is 5.44. The van der Waals surface area contributed by atoms with Crippen molar-refractivity contribution < 1.29 is 19.2 Å². The number of hydrogen-bond acceptors (Lipinski definition) is 3. The average molecular weight is 349 g/mol. The molecule has 0 aliphatic heterocycles. The van der Waals surface area contributed by atoms with Crippen molar-refractivity contribution in [3.05, 3.63) is 56.8 Å². The van der Waals surface area contributed by atoms with Gasteiger partial charge in [-0.3, -0.25) is 0 Å². The summed E-state index contributed by atoms with van der Waals surface area (Å²) in [6, 6.07) is 6.81. The fourth-order valence-corrected chi connectivity index (χ4v) is 2.25. The van der Waals surface area contributed by atoms with Crippen LogP contribution < -0.4 is 10.2 Å². The molecule has 0 aliphatic rings. The first-order valence-corrected chi connectivity index (χ1v) is 6.93. The smallest absolute Gasteiger partial charge is 0.487 e. The highest BCUT2D eigenvalue weighted by atomic mass is 35.5. The highest BCUT2D eigenvalue weighted by Gasteiger charge is 2.17. The Morgan fingerprint density at radius 3 is 2.33 bits per heavy atom.